The van der Waals surface area contributed by atoms with Crippen molar-refractivity contribution in [3.8, 4) is 0 Å². The number of carbonyl (C=O) groups is 2. The summed E-state index contributed by atoms with van der Waals surface area (Å²) >= 11 is 6.70. The van der Waals surface area contributed by atoms with Crippen LogP contribution in [0.1, 0.15) is 15.2 Å². The number of nitrogens with one attached hydrogen (secondary N) is 1. The third-order valence-electron chi connectivity index (χ3n) is 4.02. The number of rotatable bonds is 7. The third kappa shape index (κ3) is 5.40. The van der Waals surface area contributed by atoms with Gasteiger partial charge in [0, 0.05) is 16.8 Å². The zero-order valence-electron chi connectivity index (χ0n) is 15.1. The first-order valence-corrected chi connectivity index (χ1v) is 9.76. The highest BCUT2D eigenvalue weighted by molar-refractivity contribution is 7.17. The Bertz CT molecular complexity index is 1020. The lowest BCUT2D eigenvalue weighted by Gasteiger charge is -2.23. The summed E-state index contributed by atoms with van der Waals surface area (Å²) in [6.07, 6.45) is 0. The summed E-state index contributed by atoms with van der Waals surface area (Å²) in [5, 5.41) is 13.7. The average Bonchev–Trinajstić information content (AvgIpc) is 3.22. The van der Waals surface area contributed by atoms with Gasteiger partial charge in [0.25, 0.3) is 5.91 Å². The highest BCUT2D eigenvalue weighted by atomic mass is 35.5. The number of thiophene rings is 1. The van der Waals surface area contributed by atoms with Gasteiger partial charge >= 0.3 is 5.00 Å². The summed E-state index contributed by atoms with van der Waals surface area (Å²) in [7, 11) is 0. The number of benzene rings is 2. The molecule has 7 nitrogen and oxygen atoms in total. The van der Waals surface area contributed by atoms with Gasteiger partial charge in [0.1, 0.15) is 0 Å². The van der Waals surface area contributed by atoms with Crippen molar-refractivity contribution in [2.45, 2.75) is 6.54 Å². The molecule has 0 saturated carbocycles. The van der Waals surface area contributed by atoms with Crippen LogP contribution in [-0.2, 0) is 11.3 Å². The van der Waals surface area contributed by atoms with E-state index in [2.05, 4.69) is 5.32 Å². The van der Waals surface area contributed by atoms with E-state index in [1.165, 1.54) is 12.1 Å². The Morgan fingerprint density at radius 1 is 1.03 bits per heavy atom. The molecule has 1 aromatic heterocycles. The van der Waals surface area contributed by atoms with E-state index in [9.17, 15) is 19.7 Å². The Morgan fingerprint density at radius 2 is 1.72 bits per heavy atom. The molecular weight excluding hydrogens is 414 g/mol. The molecule has 0 aliphatic rings. The van der Waals surface area contributed by atoms with E-state index in [4.69, 9.17) is 11.6 Å². The molecule has 3 rings (SSSR count). The van der Waals surface area contributed by atoms with Gasteiger partial charge in [0.2, 0.25) is 5.91 Å². The molecule has 29 heavy (non-hydrogen) atoms. The molecule has 1 heterocycles. The second-order valence-electron chi connectivity index (χ2n) is 6.02. The number of nitro groups is 1. The number of halogens is 1. The van der Waals surface area contributed by atoms with E-state index in [0.29, 0.717) is 17.3 Å². The van der Waals surface area contributed by atoms with E-state index >= 15 is 0 Å². The van der Waals surface area contributed by atoms with Crippen LogP contribution in [0.5, 0.6) is 0 Å². The lowest BCUT2D eigenvalue weighted by atomic mass is 10.2. The SMILES string of the molecule is O=C(NCC(=O)N(Cc1ccccc1)c1ccc(Cl)cc1)c1ccc([N+](=O)[O-])s1. The van der Waals surface area contributed by atoms with Crippen LogP contribution >= 0.6 is 22.9 Å². The monoisotopic (exact) mass is 429 g/mol. The van der Waals surface area contributed by atoms with Crippen molar-refractivity contribution < 1.29 is 14.5 Å². The summed E-state index contributed by atoms with van der Waals surface area (Å²) in [5.74, 6) is -0.859. The molecule has 9 heteroatoms. The number of nitrogens with zero attached hydrogens (tertiary/aromatic N) is 2. The van der Waals surface area contributed by atoms with Crippen LogP contribution in [0.3, 0.4) is 0 Å². The van der Waals surface area contributed by atoms with Gasteiger partial charge in [-0.25, -0.2) is 0 Å². The first-order chi connectivity index (χ1) is 13.9. The third-order valence-corrected chi connectivity index (χ3v) is 5.31. The van der Waals surface area contributed by atoms with Crippen LogP contribution < -0.4 is 10.2 Å². The van der Waals surface area contributed by atoms with Crippen LogP contribution in [0, 0.1) is 10.1 Å². The summed E-state index contributed by atoms with van der Waals surface area (Å²) in [6, 6.07) is 18.9. The Labute approximate surface area is 175 Å². The van der Waals surface area contributed by atoms with E-state index in [1.54, 1.807) is 29.2 Å². The van der Waals surface area contributed by atoms with Crippen LogP contribution in [0.4, 0.5) is 10.7 Å². The molecule has 0 bridgehead atoms. The maximum Gasteiger partial charge on any atom is 0.324 e. The molecule has 0 atom stereocenters. The molecule has 2 amide bonds. The zero-order chi connectivity index (χ0) is 20.8. The minimum Gasteiger partial charge on any atom is -0.342 e. The number of amides is 2. The predicted octanol–water partition coefficient (Wildman–Crippen LogP) is 4.27. The molecule has 0 unspecified atom stereocenters. The Kier molecular flexibility index (Phi) is 6.58. The topological polar surface area (TPSA) is 92.6 Å². The van der Waals surface area contributed by atoms with Gasteiger partial charge in [-0.15, -0.1) is 0 Å². The molecule has 0 saturated heterocycles. The van der Waals surface area contributed by atoms with Gasteiger partial charge in [0.15, 0.2) is 0 Å². The highest BCUT2D eigenvalue weighted by Gasteiger charge is 2.19. The van der Waals surface area contributed by atoms with Crippen molar-refractivity contribution in [1.29, 1.82) is 0 Å². The van der Waals surface area contributed by atoms with E-state index in [0.717, 1.165) is 16.9 Å². The molecule has 1 N–H and O–H groups in total. The Morgan fingerprint density at radius 3 is 2.34 bits per heavy atom. The summed E-state index contributed by atoms with van der Waals surface area (Å²) in [6.45, 7) is 0.0711. The lowest BCUT2D eigenvalue weighted by Crippen LogP contribution is -2.39. The predicted molar refractivity (Wildman–Crippen MR) is 112 cm³/mol. The first-order valence-electron chi connectivity index (χ1n) is 8.56. The van der Waals surface area contributed by atoms with Crippen molar-refractivity contribution in [3.63, 3.8) is 0 Å². The van der Waals surface area contributed by atoms with Gasteiger partial charge < -0.3 is 10.2 Å². The van der Waals surface area contributed by atoms with Crippen molar-refractivity contribution in [1.82, 2.24) is 5.32 Å². The fourth-order valence-electron chi connectivity index (χ4n) is 2.60. The van der Waals surface area contributed by atoms with E-state index in [1.807, 2.05) is 30.3 Å². The zero-order valence-corrected chi connectivity index (χ0v) is 16.7. The molecule has 0 aliphatic carbocycles. The van der Waals surface area contributed by atoms with Gasteiger partial charge in [-0.1, -0.05) is 53.3 Å². The molecule has 0 aliphatic heterocycles. The van der Waals surface area contributed by atoms with E-state index in [-0.39, 0.29) is 22.3 Å². The number of hydrogen-bond acceptors (Lipinski definition) is 5. The van der Waals surface area contributed by atoms with Gasteiger partial charge in [-0.3, -0.25) is 19.7 Å². The largest absolute Gasteiger partial charge is 0.342 e. The van der Waals surface area contributed by atoms with Crippen LogP contribution in [-0.4, -0.2) is 23.3 Å². The fraction of sp³-hybridized carbons (Fsp3) is 0.100. The summed E-state index contributed by atoms with van der Waals surface area (Å²) in [4.78, 5) is 37.0. The molecule has 0 fully saturated rings. The van der Waals surface area contributed by atoms with Gasteiger partial charge in [-0.05, 0) is 35.9 Å². The number of anilines is 1. The van der Waals surface area contributed by atoms with E-state index < -0.39 is 10.8 Å². The minimum absolute atomic E-state index is 0.131. The number of hydrogen-bond donors (Lipinski definition) is 1. The normalized spacial score (nSPS) is 10.4. The first kappa shape index (κ1) is 20.5. The molecule has 3 aromatic rings. The Balaban J connectivity index is 1.72. The maximum atomic E-state index is 12.9. The average molecular weight is 430 g/mol. The lowest BCUT2D eigenvalue weighted by molar-refractivity contribution is -0.380. The minimum atomic E-state index is -0.561. The number of carbonyl (C=O) groups excluding carboxylic acids is 2. The summed E-state index contributed by atoms with van der Waals surface area (Å²) in [5.41, 5.74) is 1.57. The summed E-state index contributed by atoms with van der Waals surface area (Å²) < 4.78 is 0. The molecular formula is C20H16ClN3O4S. The van der Waals surface area contributed by atoms with Crippen molar-refractivity contribution in [3.05, 3.63) is 92.3 Å². The maximum absolute atomic E-state index is 12.9. The molecule has 2 aromatic carbocycles. The van der Waals surface area contributed by atoms with Crippen molar-refractivity contribution in [2.75, 3.05) is 11.4 Å². The van der Waals surface area contributed by atoms with Crippen LogP contribution in [0.15, 0.2) is 66.7 Å². The standard InChI is InChI=1S/C20H16ClN3O4S/c21-15-6-8-16(9-7-15)23(13-14-4-2-1-3-5-14)18(25)12-22-20(26)17-10-11-19(29-17)24(27)28/h1-11H,12-13H2,(H,22,26). The highest BCUT2D eigenvalue weighted by Crippen LogP contribution is 2.24. The van der Waals surface area contributed by atoms with Crippen LogP contribution in [0.25, 0.3) is 0 Å². The second kappa shape index (κ2) is 9.31. The Hall–Kier alpha value is -3.23. The fourth-order valence-corrected chi connectivity index (χ4v) is 3.46. The molecule has 0 radical (unpaired) electrons. The van der Waals surface area contributed by atoms with Gasteiger partial charge in [0.05, 0.1) is 22.9 Å². The second-order valence-corrected chi connectivity index (χ2v) is 7.52. The van der Waals surface area contributed by atoms with Crippen LogP contribution in [0.2, 0.25) is 5.02 Å². The molecule has 148 valence electrons. The van der Waals surface area contributed by atoms with Crippen molar-refractivity contribution in [2.24, 2.45) is 0 Å². The molecule has 0 spiro atoms. The van der Waals surface area contributed by atoms with Crippen molar-refractivity contribution >= 4 is 45.4 Å². The smallest absolute Gasteiger partial charge is 0.324 e. The van der Waals surface area contributed by atoms with Gasteiger partial charge in [-0.2, -0.15) is 0 Å². The quantitative estimate of drug-likeness (QED) is 0.448.